The van der Waals surface area contributed by atoms with E-state index in [1.165, 1.54) is 11.1 Å². The maximum atomic E-state index is 13.2. The zero-order chi connectivity index (χ0) is 22.9. The maximum absolute atomic E-state index is 13.2. The van der Waals surface area contributed by atoms with Crippen molar-refractivity contribution < 1.29 is 19.1 Å². The van der Waals surface area contributed by atoms with Crippen LogP contribution in [0.4, 0.5) is 0 Å². The number of benzene rings is 3. The minimum Gasteiger partial charge on any atom is -0.454 e. The molecular weight excluding hydrogens is 412 g/mol. The lowest BCUT2D eigenvalue weighted by Crippen LogP contribution is -2.39. The molecule has 168 valence electrons. The molecule has 0 aromatic heterocycles. The van der Waals surface area contributed by atoms with Gasteiger partial charge in [-0.05, 0) is 53.6 Å². The number of aryl methyl sites for hydroxylation is 2. The van der Waals surface area contributed by atoms with Crippen molar-refractivity contribution in [2.45, 2.75) is 57.2 Å². The lowest BCUT2D eigenvalue weighted by atomic mass is 9.87. The summed E-state index contributed by atoms with van der Waals surface area (Å²) in [4.78, 5) is 26.4. The molecule has 4 heteroatoms. The average molecular weight is 441 g/mol. The van der Waals surface area contributed by atoms with Crippen molar-refractivity contribution in [2.75, 3.05) is 0 Å². The summed E-state index contributed by atoms with van der Waals surface area (Å²) in [7, 11) is 0. The van der Waals surface area contributed by atoms with E-state index in [1.807, 2.05) is 62.4 Å². The summed E-state index contributed by atoms with van der Waals surface area (Å²) in [6, 6.07) is 23.3. The Kier molecular flexibility index (Phi) is 5.76. The molecule has 3 aromatic carbocycles. The molecule has 0 saturated heterocycles. The molecule has 2 aliphatic rings. The van der Waals surface area contributed by atoms with E-state index in [-0.39, 0.29) is 23.8 Å². The van der Waals surface area contributed by atoms with Gasteiger partial charge >= 0.3 is 11.9 Å². The Morgan fingerprint density at radius 1 is 0.667 bits per heavy atom. The van der Waals surface area contributed by atoms with Crippen molar-refractivity contribution in [3.63, 3.8) is 0 Å². The van der Waals surface area contributed by atoms with Crippen molar-refractivity contribution in [2.24, 2.45) is 0 Å². The van der Waals surface area contributed by atoms with Gasteiger partial charge in [0.2, 0.25) is 0 Å². The van der Waals surface area contributed by atoms with Gasteiger partial charge in [-0.3, -0.25) is 0 Å². The number of carbonyl (C=O) groups excluding carboxylic acids is 2. The molecule has 1 fully saturated rings. The van der Waals surface area contributed by atoms with E-state index in [1.54, 1.807) is 12.1 Å². The van der Waals surface area contributed by atoms with Gasteiger partial charge in [-0.25, -0.2) is 9.59 Å². The van der Waals surface area contributed by atoms with Crippen LogP contribution in [0.5, 0.6) is 0 Å². The standard InChI is InChI=1S/C29H28O4/c1-3-18-11-5-7-13-20(18)28(30)32-26-24-17-25(23-16-10-9-15-22(23)24)27(26)33-29(31)21-14-8-6-12-19(21)4-2/h5-16,24-27H,3-4,17H2,1-2H3/t24?,25?,26-,27?/m1/s1. The van der Waals surface area contributed by atoms with Crippen LogP contribution in [0.3, 0.4) is 0 Å². The largest absolute Gasteiger partial charge is 0.454 e. The Morgan fingerprint density at radius 2 is 1.06 bits per heavy atom. The van der Waals surface area contributed by atoms with E-state index in [2.05, 4.69) is 12.1 Å². The van der Waals surface area contributed by atoms with Crippen LogP contribution in [-0.4, -0.2) is 24.1 Å². The van der Waals surface area contributed by atoms with Crippen molar-refractivity contribution in [1.29, 1.82) is 0 Å². The van der Waals surface area contributed by atoms with Crippen LogP contribution in [-0.2, 0) is 22.3 Å². The number of rotatable bonds is 6. The fourth-order valence-corrected chi connectivity index (χ4v) is 5.52. The van der Waals surface area contributed by atoms with Gasteiger partial charge in [0.1, 0.15) is 12.2 Å². The first-order valence-corrected chi connectivity index (χ1v) is 11.8. The van der Waals surface area contributed by atoms with Gasteiger partial charge in [-0.15, -0.1) is 0 Å². The molecule has 4 nitrogen and oxygen atoms in total. The van der Waals surface area contributed by atoms with Crippen molar-refractivity contribution in [3.8, 4) is 0 Å². The van der Waals surface area contributed by atoms with Gasteiger partial charge in [0.25, 0.3) is 0 Å². The normalized spacial score (nSPS) is 22.6. The van der Waals surface area contributed by atoms with Crippen LogP contribution in [0.2, 0.25) is 0 Å². The van der Waals surface area contributed by atoms with Crippen LogP contribution in [0.1, 0.15) is 75.1 Å². The summed E-state index contributed by atoms with van der Waals surface area (Å²) in [5.74, 6) is -0.638. The molecule has 0 amide bonds. The Morgan fingerprint density at radius 3 is 1.48 bits per heavy atom. The van der Waals surface area contributed by atoms with E-state index >= 15 is 0 Å². The van der Waals surface area contributed by atoms with Crippen LogP contribution in [0.15, 0.2) is 72.8 Å². The highest BCUT2D eigenvalue weighted by molar-refractivity contribution is 5.92. The van der Waals surface area contributed by atoms with Crippen molar-refractivity contribution in [1.82, 2.24) is 0 Å². The zero-order valence-corrected chi connectivity index (χ0v) is 19.0. The van der Waals surface area contributed by atoms with Crippen LogP contribution in [0, 0.1) is 0 Å². The second-order valence-corrected chi connectivity index (χ2v) is 8.84. The third kappa shape index (κ3) is 3.74. The highest BCUT2D eigenvalue weighted by Gasteiger charge is 2.55. The summed E-state index contributed by atoms with van der Waals surface area (Å²) < 4.78 is 12.2. The number of hydrogen-bond acceptors (Lipinski definition) is 4. The maximum Gasteiger partial charge on any atom is 0.338 e. The highest BCUT2D eigenvalue weighted by Crippen LogP contribution is 2.55. The summed E-state index contributed by atoms with van der Waals surface area (Å²) >= 11 is 0. The Hall–Kier alpha value is -3.40. The number of hydrogen-bond donors (Lipinski definition) is 0. The molecule has 3 unspecified atom stereocenters. The first-order chi connectivity index (χ1) is 16.1. The lowest BCUT2D eigenvalue weighted by molar-refractivity contribution is -0.0349. The predicted molar refractivity (Wildman–Crippen MR) is 127 cm³/mol. The predicted octanol–water partition coefficient (Wildman–Crippen LogP) is 5.85. The van der Waals surface area contributed by atoms with Gasteiger partial charge in [0.05, 0.1) is 11.1 Å². The molecule has 4 atom stereocenters. The third-order valence-corrected chi connectivity index (χ3v) is 7.14. The Labute approximate surface area is 194 Å². The monoisotopic (exact) mass is 440 g/mol. The number of ether oxygens (including phenoxy) is 2. The Balaban J connectivity index is 1.46. The van der Waals surface area contributed by atoms with E-state index in [0.29, 0.717) is 11.1 Å². The molecule has 2 aliphatic carbocycles. The Bertz CT molecular complexity index is 1100. The van der Waals surface area contributed by atoms with E-state index in [0.717, 1.165) is 30.4 Å². The van der Waals surface area contributed by atoms with Gasteiger partial charge in [0.15, 0.2) is 0 Å². The minimum atomic E-state index is -0.500. The van der Waals surface area contributed by atoms with E-state index in [9.17, 15) is 9.59 Å². The second-order valence-electron chi connectivity index (χ2n) is 8.84. The fourth-order valence-electron chi connectivity index (χ4n) is 5.52. The summed E-state index contributed by atoms with van der Waals surface area (Å²) in [5, 5.41) is 0. The zero-order valence-electron chi connectivity index (χ0n) is 19.0. The summed E-state index contributed by atoms with van der Waals surface area (Å²) in [6.07, 6.45) is 1.31. The van der Waals surface area contributed by atoms with Crippen molar-refractivity contribution >= 4 is 11.9 Å². The van der Waals surface area contributed by atoms with E-state index in [4.69, 9.17) is 9.47 Å². The molecule has 0 radical (unpaired) electrons. The minimum absolute atomic E-state index is 0.0307. The third-order valence-electron chi connectivity index (χ3n) is 7.14. The van der Waals surface area contributed by atoms with Crippen LogP contribution < -0.4 is 0 Å². The topological polar surface area (TPSA) is 52.6 Å². The first kappa shape index (κ1) is 21.4. The molecule has 0 spiro atoms. The van der Waals surface area contributed by atoms with Crippen molar-refractivity contribution in [3.05, 3.63) is 106 Å². The van der Waals surface area contributed by atoms with Crippen LogP contribution >= 0.6 is 0 Å². The van der Waals surface area contributed by atoms with Gasteiger partial charge < -0.3 is 9.47 Å². The SMILES string of the molecule is CCc1ccccc1C(=O)OC1C2CC(c3ccccc32)[C@H]1OC(=O)c1ccccc1CC. The molecule has 0 heterocycles. The summed E-state index contributed by atoms with van der Waals surface area (Å²) in [6.45, 7) is 4.05. The van der Waals surface area contributed by atoms with Gasteiger partial charge in [-0.1, -0.05) is 74.5 Å². The quantitative estimate of drug-likeness (QED) is 0.452. The smallest absolute Gasteiger partial charge is 0.338 e. The molecular formula is C29H28O4. The van der Waals surface area contributed by atoms with E-state index < -0.39 is 12.2 Å². The number of fused-ring (bicyclic) bond motifs is 5. The molecule has 3 aromatic rings. The van der Waals surface area contributed by atoms with Gasteiger partial charge in [0, 0.05) is 11.8 Å². The van der Waals surface area contributed by atoms with Crippen LogP contribution in [0.25, 0.3) is 0 Å². The number of esters is 2. The molecule has 0 N–H and O–H groups in total. The lowest BCUT2D eigenvalue weighted by Gasteiger charge is -2.32. The first-order valence-electron chi connectivity index (χ1n) is 11.8. The fraction of sp³-hybridized carbons (Fsp3) is 0.310. The highest BCUT2D eigenvalue weighted by atomic mass is 16.6. The molecule has 2 bridgehead atoms. The summed E-state index contributed by atoms with van der Waals surface area (Å²) in [5.41, 5.74) is 5.47. The molecule has 0 aliphatic heterocycles. The van der Waals surface area contributed by atoms with Gasteiger partial charge in [-0.2, -0.15) is 0 Å². The molecule has 5 rings (SSSR count). The molecule has 33 heavy (non-hydrogen) atoms. The average Bonchev–Trinajstić information content (AvgIpc) is 3.41. The molecule has 1 saturated carbocycles. The second kappa shape index (κ2) is 8.86. The number of carbonyl (C=O) groups is 2.